The number of carbonyl (C=O) groups excluding carboxylic acids is 2. The van der Waals surface area contributed by atoms with E-state index >= 15 is 8.78 Å². The van der Waals surface area contributed by atoms with Gasteiger partial charge in [-0.2, -0.15) is 0 Å². The number of nitrogens with one attached hydrogen (secondary N) is 1. The molecule has 3 aliphatic rings. The Balaban J connectivity index is 1.53. The number of likely N-dealkylation sites (tertiary alicyclic amines) is 2. The van der Waals surface area contributed by atoms with E-state index in [0.717, 1.165) is 0 Å². The molecule has 0 spiro atoms. The van der Waals surface area contributed by atoms with Crippen molar-refractivity contribution in [3.8, 4) is 0 Å². The SMILES string of the molecule is CCOC(=O)C1=C(CN2CC(F)(F)C3C(=O)N(CC(C)(C)C(=O)O)CCC32)NC(c2nccs2)=NC1c1cccc(F)c1C. The lowest BCUT2D eigenvalue weighted by atomic mass is 9.86. The van der Waals surface area contributed by atoms with Gasteiger partial charge in [-0.1, -0.05) is 12.1 Å². The number of aromatic nitrogens is 1. The molecule has 2 fully saturated rings. The zero-order valence-corrected chi connectivity index (χ0v) is 25.6. The molecule has 2 N–H and O–H groups in total. The Kier molecular flexibility index (Phi) is 8.60. The molecule has 1 aromatic carbocycles. The molecule has 0 radical (unpaired) electrons. The fourth-order valence-corrected chi connectivity index (χ4v) is 6.70. The van der Waals surface area contributed by atoms with E-state index < -0.39 is 59.5 Å². The number of hydrogen-bond donors (Lipinski definition) is 2. The molecule has 1 aromatic heterocycles. The third-order valence-electron chi connectivity index (χ3n) is 8.38. The van der Waals surface area contributed by atoms with E-state index in [0.29, 0.717) is 16.4 Å². The van der Waals surface area contributed by atoms with Gasteiger partial charge in [-0.05, 0) is 51.3 Å². The first-order valence-corrected chi connectivity index (χ1v) is 15.2. The summed E-state index contributed by atoms with van der Waals surface area (Å²) in [5.74, 6) is -7.93. The molecule has 4 heterocycles. The molecule has 0 saturated carbocycles. The number of amidine groups is 1. The van der Waals surface area contributed by atoms with Crippen LogP contribution in [0.1, 0.15) is 49.4 Å². The maximum atomic E-state index is 15.6. The zero-order chi connectivity index (χ0) is 32.0. The second kappa shape index (κ2) is 12.0. The van der Waals surface area contributed by atoms with Crippen molar-refractivity contribution in [1.82, 2.24) is 20.1 Å². The van der Waals surface area contributed by atoms with Gasteiger partial charge in [-0.25, -0.2) is 22.9 Å². The van der Waals surface area contributed by atoms with Crippen LogP contribution in [0.15, 0.2) is 46.0 Å². The highest BCUT2D eigenvalue weighted by molar-refractivity contribution is 7.11. The predicted molar refractivity (Wildman–Crippen MR) is 156 cm³/mol. The van der Waals surface area contributed by atoms with E-state index in [2.05, 4.69) is 10.3 Å². The van der Waals surface area contributed by atoms with Gasteiger partial charge in [-0.3, -0.25) is 19.5 Å². The van der Waals surface area contributed by atoms with Crippen LogP contribution in [0.3, 0.4) is 0 Å². The lowest BCUT2D eigenvalue weighted by Gasteiger charge is -2.40. The molecular formula is C30H34F3N5O5S. The lowest BCUT2D eigenvalue weighted by Crippen LogP contribution is -2.55. The van der Waals surface area contributed by atoms with Crippen molar-refractivity contribution in [2.24, 2.45) is 16.3 Å². The van der Waals surface area contributed by atoms with Crippen LogP contribution in [0.5, 0.6) is 0 Å². The molecule has 2 aromatic rings. The highest BCUT2D eigenvalue weighted by Gasteiger charge is 2.60. The molecule has 10 nitrogen and oxygen atoms in total. The van der Waals surface area contributed by atoms with Gasteiger partial charge in [0.25, 0.3) is 5.92 Å². The summed E-state index contributed by atoms with van der Waals surface area (Å²) >= 11 is 1.28. The Morgan fingerprint density at radius 1 is 1.30 bits per heavy atom. The number of thiazole rings is 1. The normalized spacial score (nSPS) is 23.7. The van der Waals surface area contributed by atoms with Gasteiger partial charge in [0.1, 0.15) is 17.8 Å². The molecule has 2 saturated heterocycles. The van der Waals surface area contributed by atoms with E-state index in [4.69, 9.17) is 9.73 Å². The molecule has 14 heteroatoms. The molecule has 0 bridgehead atoms. The lowest BCUT2D eigenvalue weighted by molar-refractivity contribution is -0.156. The first kappa shape index (κ1) is 31.6. The van der Waals surface area contributed by atoms with Gasteiger partial charge in [0, 0.05) is 43.0 Å². The summed E-state index contributed by atoms with van der Waals surface area (Å²) in [6.45, 7) is 5.14. The Bertz CT molecular complexity index is 1530. The standard InChI is InChI=1S/C30H34F3N5O5S/c1-5-43-27(40)21-19(35-24(25-34-10-12-44-25)36-23(21)17-7-6-8-18(31)16(17)2)13-38-15-30(32,33)22-20(38)9-11-37(26(22)39)14-29(3,4)28(41)42/h6-8,10,12,20,22-23H,5,9,11,13-15H2,1-4H3,(H,35,36)(H,41,42). The van der Waals surface area contributed by atoms with Gasteiger partial charge >= 0.3 is 11.9 Å². The molecule has 5 rings (SSSR count). The number of amides is 1. The Hall–Kier alpha value is -3.78. The van der Waals surface area contributed by atoms with Crippen molar-refractivity contribution in [2.45, 2.75) is 52.1 Å². The second-order valence-corrected chi connectivity index (χ2v) is 12.8. The maximum absolute atomic E-state index is 15.6. The zero-order valence-electron chi connectivity index (χ0n) is 24.8. The van der Waals surface area contributed by atoms with Crippen molar-refractivity contribution in [3.05, 3.63) is 63.0 Å². The van der Waals surface area contributed by atoms with Crippen LogP contribution in [0.2, 0.25) is 0 Å². The minimum atomic E-state index is -3.40. The number of ether oxygens (including phenoxy) is 1. The summed E-state index contributed by atoms with van der Waals surface area (Å²) in [5.41, 5.74) is -0.319. The summed E-state index contributed by atoms with van der Waals surface area (Å²) in [7, 11) is 0. The fourth-order valence-electron chi connectivity index (χ4n) is 6.11. The predicted octanol–water partition coefficient (Wildman–Crippen LogP) is 3.78. The number of esters is 1. The van der Waals surface area contributed by atoms with Gasteiger partial charge in [0.2, 0.25) is 5.91 Å². The Labute approximate surface area is 256 Å². The molecule has 3 atom stereocenters. The topological polar surface area (TPSA) is 124 Å². The van der Waals surface area contributed by atoms with E-state index in [1.165, 1.54) is 47.1 Å². The number of aliphatic imine (C=N–C) groups is 1. The van der Waals surface area contributed by atoms with Crippen LogP contribution in [-0.4, -0.2) is 88.3 Å². The fraction of sp³-hybridized carbons (Fsp3) is 0.500. The number of carboxylic acid groups (broad SMARTS) is 1. The molecule has 3 aliphatic heterocycles. The van der Waals surface area contributed by atoms with Crippen molar-refractivity contribution in [1.29, 1.82) is 0 Å². The number of rotatable bonds is 9. The monoisotopic (exact) mass is 633 g/mol. The minimum absolute atomic E-state index is 0.0387. The van der Waals surface area contributed by atoms with Gasteiger partial charge < -0.3 is 20.1 Å². The summed E-state index contributed by atoms with van der Waals surface area (Å²) in [6, 6.07) is 2.59. The van der Waals surface area contributed by atoms with E-state index in [-0.39, 0.29) is 49.5 Å². The number of nitrogens with zero attached hydrogens (tertiary/aromatic N) is 4. The number of alkyl halides is 2. The first-order valence-electron chi connectivity index (χ1n) is 14.3. The van der Waals surface area contributed by atoms with Crippen molar-refractivity contribution >= 4 is 35.0 Å². The molecular weight excluding hydrogens is 599 g/mol. The summed E-state index contributed by atoms with van der Waals surface area (Å²) in [6.07, 6.45) is 1.76. The minimum Gasteiger partial charge on any atom is -0.481 e. The molecule has 3 unspecified atom stereocenters. The molecule has 44 heavy (non-hydrogen) atoms. The third-order valence-corrected chi connectivity index (χ3v) is 9.16. The van der Waals surface area contributed by atoms with E-state index in [9.17, 15) is 23.9 Å². The number of hydrogen-bond acceptors (Lipinski definition) is 9. The van der Waals surface area contributed by atoms with Crippen LogP contribution < -0.4 is 5.32 Å². The number of fused-ring (bicyclic) bond motifs is 1. The first-order chi connectivity index (χ1) is 20.7. The third kappa shape index (κ3) is 5.84. The van der Waals surface area contributed by atoms with Crippen LogP contribution in [0, 0.1) is 24.1 Å². The Morgan fingerprint density at radius 3 is 2.70 bits per heavy atom. The smallest absolute Gasteiger partial charge is 0.338 e. The van der Waals surface area contributed by atoms with Gasteiger partial charge in [-0.15, -0.1) is 11.3 Å². The highest BCUT2D eigenvalue weighted by atomic mass is 32.1. The van der Waals surface area contributed by atoms with Crippen molar-refractivity contribution < 1.29 is 37.4 Å². The summed E-state index contributed by atoms with van der Waals surface area (Å²) in [5, 5.41) is 14.9. The van der Waals surface area contributed by atoms with Crippen LogP contribution in [-0.2, 0) is 19.1 Å². The molecule has 0 aliphatic carbocycles. The summed E-state index contributed by atoms with van der Waals surface area (Å²) < 4.78 is 51.3. The number of benzene rings is 1. The van der Waals surface area contributed by atoms with Gasteiger partial charge in [0.05, 0.1) is 24.1 Å². The average molecular weight is 634 g/mol. The van der Waals surface area contributed by atoms with E-state index in [1.54, 1.807) is 31.5 Å². The van der Waals surface area contributed by atoms with Gasteiger partial charge in [0.15, 0.2) is 10.8 Å². The van der Waals surface area contributed by atoms with Crippen molar-refractivity contribution in [3.63, 3.8) is 0 Å². The number of carboxylic acids is 1. The average Bonchev–Trinajstić information content (AvgIpc) is 3.58. The molecule has 236 valence electrons. The maximum Gasteiger partial charge on any atom is 0.338 e. The van der Waals surface area contributed by atoms with E-state index in [1.807, 2.05) is 0 Å². The Morgan fingerprint density at radius 2 is 2.05 bits per heavy atom. The van der Waals surface area contributed by atoms with Crippen molar-refractivity contribution in [2.75, 3.05) is 32.8 Å². The number of aliphatic carboxylic acids is 1. The van der Waals surface area contributed by atoms with Crippen LogP contribution in [0.25, 0.3) is 0 Å². The number of piperidine rings is 1. The number of halogens is 3. The van der Waals surface area contributed by atoms with Crippen LogP contribution in [0.4, 0.5) is 13.2 Å². The second-order valence-electron chi connectivity index (χ2n) is 11.9. The largest absolute Gasteiger partial charge is 0.481 e. The highest BCUT2D eigenvalue weighted by Crippen LogP contribution is 2.44. The van der Waals surface area contributed by atoms with Crippen LogP contribution >= 0.6 is 11.3 Å². The number of carbonyl (C=O) groups is 3. The quantitative estimate of drug-likeness (QED) is 0.400. The summed E-state index contributed by atoms with van der Waals surface area (Å²) in [4.78, 5) is 50.3. The molecule has 1 amide bonds.